The van der Waals surface area contributed by atoms with E-state index in [1.165, 1.54) is 19.1 Å². The molecule has 0 N–H and O–H groups in total. The van der Waals surface area contributed by atoms with Crippen molar-refractivity contribution in [3.8, 4) is 0 Å². The fourth-order valence-electron chi connectivity index (χ4n) is 1.67. The van der Waals surface area contributed by atoms with Crippen molar-refractivity contribution in [2.45, 2.75) is 6.92 Å². The van der Waals surface area contributed by atoms with Crippen molar-refractivity contribution < 1.29 is 13.6 Å². The molecule has 98 valence electrons. The Morgan fingerprint density at radius 2 is 1.79 bits per heavy atom. The van der Waals surface area contributed by atoms with Gasteiger partial charge in [0.25, 0.3) is 0 Å². The second-order valence-electron chi connectivity index (χ2n) is 4.01. The van der Waals surface area contributed by atoms with E-state index in [-0.39, 0.29) is 11.1 Å². The van der Waals surface area contributed by atoms with Crippen LogP contribution in [0.25, 0.3) is 0 Å². The van der Waals surface area contributed by atoms with Gasteiger partial charge in [0, 0.05) is 14.5 Å². The molecule has 0 unspecified atom stereocenters. The quantitative estimate of drug-likeness (QED) is 0.658. The molecule has 19 heavy (non-hydrogen) atoms. The van der Waals surface area contributed by atoms with E-state index in [4.69, 9.17) is 0 Å². The van der Waals surface area contributed by atoms with E-state index in [0.29, 0.717) is 4.47 Å². The minimum absolute atomic E-state index is 0.214. The smallest absolute Gasteiger partial charge is 0.200 e. The number of ketones is 1. The van der Waals surface area contributed by atoms with Crippen molar-refractivity contribution in [2.24, 2.45) is 0 Å². The number of rotatable bonds is 2. The minimum Gasteiger partial charge on any atom is -0.288 e. The first-order valence-corrected chi connectivity index (χ1v) is 6.94. The molecule has 1 nitrogen and oxygen atoms in total. The maximum Gasteiger partial charge on any atom is 0.200 e. The number of aryl methyl sites for hydroxylation is 1. The van der Waals surface area contributed by atoms with Gasteiger partial charge in [-0.15, -0.1) is 0 Å². The average molecular weight is 390 g/mol. The van der Waals surface area contributed by atoms with Crippen LogP contribution in [-0.2, 0) is 0 Å². The van der Waals surface area contributed by atoms with Gasteiger partial charge < -0.3 is 0 Å². The van der Waals surface area contributed by atoms with Crippen LogP contribution < -0.4 is 0 Å². The first-order valence-electron chi connectivity index (χ1n) is 5.36. The van der Waals surface area contributed by atoms with Crippen molar-refractivity contribution in [2.75, 3.05) is 0 Å². The summed E-state index contributed by atoms with van der Waals surface area (Å²) in [7, 11) is 0. The Kier molecular flexibility index (Phi) is 4.16. The van der Waals surface area contributed by atoms with Crippen molar-refractivity contribution in [3.05, 3.63) is 67.6 Å². The average Bonchev–Trinajstić information content (AvgIpc) is 2.34. The number of carbonyl (C=O) groups excluding carboxylic acids is 1. The summed E-state index contributed by atoms with van der Waals surface area (Å²) in [6, 6.07) is 7.20. The highest BCUT2D eigenvalue weighted by atomic mass is 79.9. The number of carbonyl (C=O) groups is 1. The third-order valence-corrected chi connectivity index (χ3v) is 3.84. The van der Waals surface area contributed by atoms with Crippen molar-refractivity contribution >= 4 is 37.6 Å². The van der Waals surface area contributed by atoms with Gasteiger partial charge in [0.05, 0.1) is 5.56 Å². The molecular formula is C14H8Br2F2O. The van der Waals surface area contributed by atoms with Gasteiger partial charge in [-0.05, 0) is 52.7 Å². The Bertz CT molecular complexity index is 669. The predicted molar refractivity (Wildman–Crippen MR) is 76.4 cm³/mol. The van der Waals surface area contributed by atoms with Crippen LogP contribution in [0.3, 0.4) is 0 Å². The molecule has 0 fully saturated rings. The summed E-state index contributed by atoms with van der Waals surface area (Å²) in [6.45, 7) is 1.49. The van der Waals surface area contributed by atoms with Crippen LogP contribution in [0.5, 0.6) is 0 Å². The van der Waals surface area contributed by atoms with Crippen LogP contribution in [0, 0.1) is 18.6 Å². The van der Waals surface area contributed by atoms with Crippen molar-refractivity contribution in [1.29, 1.82) is 0 Å². The Labute approximate surface area is 125 Å². The SMILES string of the molecule is Cc1ccc(F)c(C(=O)c2ccc(Br)cc2Br)c1F. The molecule has 0 aromatic heterocycles. The molecule has 0 saturated carbocycles. The van der Waals surface area contributed by atoms with Crippen molar-refractivity contribution in [1.82, 2.24) is 0 Å². The number of hydrogen-bond donors (Lipinski definition) is 0. The van der Waals surface area contributed by atoms with E-state index in [9.17, 15) is 13.6 Å². The molecule has 0 bridgehead atoms. The number of benzene rings is 2. The van der Waals surface area contributed by atoms with Gasteiger partial charge in [0.2, 0.25) is 0 Å². The third kappa shape index (κ3) is 2.77. The van der Waals surface area contributed by atoms with Crippen LogP contribution in [0.1, 0.15) is 21.5 Å². The molecule has 0 spiro atoms. The molecule has 0 radical (unpaired) electrons. The maximum absolute atomic E-state index is 13.9. The Morgan fingerprint density at radius 1 is 1.11 bits per heavy atom. The molecule has 0 saturated heterocycles. The Hall–Kier alpha value is -1.07. The van der Waals surface area contributed by atoms with Gasteiger partial charge in [-0.1, -0.05) is 22.0 Å². The van der Waals surface area contributed by atoms with Crippen LogP contribution in [0.15, 0.2) is 39.3 Å². The van der Waals surface area contributed by atoms with Crippen molar-refractivity contribution in [3.63, 3.8) is 0 Å². The minimum atomic E-state index is -0.858. The fraction of sp³-hybridized carbons (Fsp3) is 0.0714. The lowest BCUT2D eigenvalue weighted by Gasteiger charge is -2.08. The van der Waals surface area contributed by atoms with Gasteiger partial charge in [-0.3, -0.25) is 4.79 Å². The van der Waals surface area contributed by atoms with Gasteiger partial charge in [0.15, 0.2) is 5.78 Å². The zero-order valence-electron chi connectivity index (χ0n) is 9.81. The monoisotopic (exact) mass is 388 g/mol. The van der Waals surface area contributed by atoms with Gasteiger partial charge in [-0.25, -0.2) is 8.78 Å². The molecule has 0 amide bonds. The summed E-state index contributed by atoms with van der Waals surface area (Å²) >= 11 is 6.47. The highest BCUT2D eigenvalue weighted by Gasteiger charge is 2.22. The lowest BCUT2D eigenvalue weighted by Crippen LogP contribution is -2.09. The normalized spacial score (nSPS) is 10.6. The molecule has 0 atom stereocenters. The summed E-state index contributed by atoms with van der Waals surface area (Å²) in [5.74, 6) is -2.36. The fourth-order valence-corrected chi connectivity index (χ4v) is 2.90. The molecule has 0 aliphatic rings. The lowest BCUT2D eigenvalue weighted by molar-refractivity contribution is 0.103. The second-order valence-corrected chi connectivity index (χ2v) is 5.78. The molecule has 0 aliphatic carbocycles. The van der Waals surface area contributed by atoms with E-state index < -0.39 is 23.0 Å². The summed E-state index contributed by atoms with van der Waals surface area (Å²) in [4.78, 5) is 12.2. The standard InChI is InChI=1S/C14H8Br2F2O/c1-7-2-5-11(17)12(13(7)18)14(19)9-4-3-8(15)6-10(9)16/h2-6H,1H3. The van der Waals surface area contributed by atoms with E-state index >= 15 is 0 Å². The molecular weight excluding hydrogens is 382 g/mol. The molecule has 0 heterocycles. The Morgan fingerprint density at radius 3 is 2.42 bits per heavy atom. The van der Waals surface area contributed by atoms with Crippen LogP contribution in [0.4, 0.5) is 8.78 Å². The highest BCUT2D eigenvalue weighted by Crippen LogP contribution is 2.26. The van der Waals surface area contributed by atoms with Gasteiger partial charge >= 0.3 is 0 Å². The molecule has 0 aliphatic heterocycles. The summed E-state index contributed by atoms with van der Waals surface area (Å²) in [5, 5.41) is 0. The van der Waals surface area contributed by atoms with E-state index in [1.54, 1.807) is 12.1 Å². The zero-order valence-corrected chi connectivity index (χ0v) is 13.0. The number of halogens is 4. The molecule has 5 heteroatoms. The summed E-state index contributed by atoms with van der Waals surface area (Å²) < 4.78 is 28.9. The van der Waals surface area contributed by atoms with Crippen LogP contribution in [-0.4, -0.2) is 5.78 Å². The first-order chi connectivity index (χ1) is 8.91. The van der Waals surface area contributed by atoms with Crippen LogP contribution >= 0.6 is 31.9 Å². The van der Waals surface area contributed by atoms with E-state index in [1.807, 2.05) is 0 Å². The number of hydrogen-bond acceptors (Lipinski definition) is 1. The summed E-state index contributed by atoms with van der Waals surface area (Å²) in [5.41, 5.74) is -0.0763. The largest absolute Gasteiger partial charge is 0.288 e. The predicted octanol–water partition coefficient (Wildman–Crippen LogP) is 5.03. The summed E-state index contributed by atoms with van der Waals surface area (Å²) in [6.07, 6.45) is 0. The topological polar surface area (TPSA) is 17.1 Å². The lowest BCUT2D eigenvalue weighted by atomic mass is 10.0. The van der Waals surface area contributed by atoms with E-state index in [0.717, 1.165) is 10.5 Å². The van der Waals surface area contributed by atoms with Gasteiger partial charge in [-0.2, -0.15) is 0 Å². The Balaban J connectivity index is 2.59. The first kappa shape index (κ1) is 14.3. The highest BCUT2D eigenvalue weighted by molar-refractivity contribution is 9.11. The van der Waals surface area contributed by atoms with E-state index in [2.05, 4.69) is 31.9 Å². The zero-order chi connectivity index (χ0) is 14.2. The van der Waals surface area contributed by atoms with Crippen LogP contribution in [0.2, 0.25) is 0 Å². The third-order valence-electron chi connectivity index (χ3n) is 2.69. The molecule has 2 aromatic rings. The molecule has 2 rings (SSSR count). The van der Waals surface area contributed by atoms with Gasteiger partial charge in [0.1, 0.15) is 11.6 Å². The maximum atomic E-state index is 13.9. The second kappa shape index (κ2) is 5.51. The molecule has 2 aromatic carbocycles.